The van der Waals surface area contributed by atoms with Crippen LogP contribution in [0.2, 0.25) is 0 Å². The smallest absolute Gasteiger partial charge is 0.342 e. The molecule has 0 unspecified atom stereocenters. The van der Waals surface area contributed by atoms with Gasteiger partial charge < -0.3 is 13.7 Å². The summed E-state index contributed by atoms with van der Waals surface area (Å²) in [5.41, 5.74) is -0.277. The Hall–Kier alpha value is -3.27. The first kappa shape index (κ1) is 17.2. The molecule has 4 heterocycles. The molecular weight excluding hydrogens is 372 g/mol. The highest BCUT2D eigenvalue weighted by Crippen LogP contribution is 2.23. The molecule has 0 aromatic carbocycles. The number of thiophene rings is 1. The SMILES string of the molecule is CCOC(=O)c1c(C)oc2ncn(Cc3nc(-c4cccs4)no3)c(=O)c12. The quantitative estimate of drug-likeness (QED) is 0.481. The van der Waals surface area contributed by atoms with Gasteiger partial charge in [0.2, 0.25) is 17.4 Å². The zero-order valence-electron chi connectivity index (χ0n) is 14.5. The zero-order valence-corrected chi connectivity index (χ0v) is 15.3. The number of esters is 1. The molecule has 138 valence electrons. The summed E-state index contributed by atoms with van der Waals surface area (Å²) in [6.45, 7) is 3.48. The van der Waals surface area contributed by atoms with E-state index in [1.165, 1.54) is 22.2 Å². The molecule has 0 aliphatic carbocycles. The molecule has 0 bridgehead atoms. The Morgan fingerprint density at radius 3 is 3.00 bits per heavy atom. The molecule has 0 saturated heterocycles. The van der Waals surface area contributed by atoms with Crippen molar-refractivity contribution in [2.75, 3.05) is 6.61 Å². The highest BCUT2D eigenvalue weighted by atomic mass is 32.1. The lowest BCUT2D eigenvalue weighted by Gasteiger charge is -2.02. The second-order valence-corrected chi connectivity index (χ2v) is 6.55. The van der Waals surface area contributed by atoms with Crippen molar-refractivity contribution >= 4 is 28.4 Å². The van der Waals surface area contributed by atoms with Crippen molar-refractivity contribution in [1.29, 1.82) is 0 Å². The molecule has 10 heteroatoms. The molecule has 0 saturated carbocycles. The summed E-state index contributed by atoms with van der Waals surface area (Å²) in [6.07, 6.45) is 1.32. The third-order valence-corrected chi connectivity index (χ3v) is 4.72. The number of carbonyl (C=O) groups excluding carboxylic acids is 1. The molecule has 4 aromatic heterocycles. The van der Waals surface area contributed by atoms with E-state index in [-0.39, 0.29) is 41.5 Å². The lowest BCUT2D eigenvalue weighted by Crippen LogP contribution is -2.22. The Labute approximate surface area is 156 Å². The molecule has 9 nitrogen and oxygen atoms in total. The van der Waals surface area contributed by atoms with E-state index >= 15 is 0 Å². The van der Waals surface area contributed by atoms with E-state index in [0.717, 1.165) is 4.88 Å². The number of fused-ring (bicyclic) bond motifs is 1. The van der Waals surface area contributed by atoms with Gasteiger partial charge in [-0.1, -0.05) is 11.2 Å². The second-order valence-electron chi connectivity index (χ2n) is 5.60. The monoisotopic (exact) mass is 386 g/mol. The second kappa shape index (κ2) is 6.80. The van der Waals surface area contributed by atoms with Crippen molar-refractivity contribution in [3.05, 3.63) is 51.4 Å². The van der Waals surface area contributed by atoms with E-state index in [0.29, 0.717) is 5.82 Å². The van der Waals surface area contributed by atoms with Gasteiger partial charge in [-0.05, 0) is 25.3 Å². The Morgan fingerprint density at radius 2 is 2.26 bits per heavy atom. The van der Waals surface area contributed by atoms with Gasteiger partial charge in [0.15, 0.2) is 0 Å². The maximum atomic E-state index is 12.9. The molecule has 4 rings (SSSR count). The lowest BCUT2D eigenvalue weighted by atomic mass is 10.2. The van der Waals surface area contributed by atoms with Crippen LogP contribution in [0.25, 0.3) is 21.8 Å². The van der Waals surface area contributed by atoms with E-state index < -0.39 is 11.5 Å². The van der Waals surface area contributed by atoms with Crippen molar-refractivity contribution in [3.63, 3.8) is 0 Å². The van der Waals surface area contributed by atoms with E-state index in [9.17, 15) is 9.59 Å². The largest absolute Gasteiger partial charge is 0.462 e. The summed E-state index contributed by atoms with van der Waals surface area (Å²) >= 11 is 1.48. The van der Waals surface area contributed by atoms with Crippen molar-refractivity contribution in [3.8, 4) is 10.7 Å². The fourth-order valence-electron chi connectivity index (χ4n) is 2.67. The van der Waals surface area contributed by atoms with Gasteiger partial charge in [-0.25, -0.2) is 9.78 Å². The summed E-state index contributed by atoms with van der Waals surface area (Å²) in [5, 5.41) is 5.90. The standard InChI is InChI=1S/C17H14N4O5S/c1-3-24-17(23)12-9(2)25-15-13(12)16(22)21(8-18-15)7-11-19-14(20-26-11)10-5-4-6-27-10/h4-6,8H,3,7H2,1-2H3. The van der Waals surface area contributed by atoms with E-state index in [2.05, 4.69) is 15.1 Å². The number of aryl methyl sites for hydroxylation is 1. The predicted molar refractivity (Wildman–Crippen MR) is 95.7 cm³/mol. The fourth-order valence-corrected chi connectivity index (χ4v) is 3.32. The molecule has 4 aromatic rings. The first-order valence-corrected chi connectivity index (χ1v) is 8.98. The molecule has 0 atom stereocenters. The Morgan fingerprint density at radius 1 is 1.41 bits per heavy atom. The molecule has 0 fully saturated rings. The normalized spacial score (nSPS) is 11.2. The van der Waals surface area contributed by atoms with Gasteiger partial charge in [-0.3, -0.25) is 9.36 Å². The molecule has 0 N–H and O–H groups in total. The maximum absolute atomic E-state index is 12.9. The van der Waals surface area contributed by atoms with Crippen LogP contribution in [0, 0.1) is 6.92 Å². The van der Waals surface area contributed by atoms with Crippen molar-refractivity contribution in [1.82, 2.24) is 19.7 Å². The van der Waals surface area contributed by atoms with Gasteiger partial charge in [0.1, 0.15) is 29.6 Å². The average Bonchev–Trinajstić information content (AvgIpc) is 3.36. The lowest BCUT2D eigenvalue weighted by molar-refractivity contribution is 0.0526. The maximum Gasteiger partial charge on any atom is 0.342 e. The van der Waals surface area contributed by atoms with Crippen LogP contribution in [-0.2, 0) is 11.3 Å². The molecule has 0 amide bonds. The van der Waals surface area contributed by atoms with Gasteiger partial charge in [0, 0.05) is 0 Å². The number of furan rings is 1. The fraction of sp³-hybridized carbons (Fsp3) is 0.235. The number of ether oxygens (including phenoxy) is 1. The van der Waals surface area contributed by atoms with Crippen LogP contribution in [0.3, 0.4) is 0 Å². The molecule has 0 radical (unpaired) electrons. The topological polar surface area (TPSA) is 113 Å². The number of hydrogen-bond acceptors (Lipinski definition) is 9. The third-order valence-electron chi connectivity index (χ3n) is 3.85. The number of aromatic nitrogens is 4. The van der Waals surface area contributed by atoms with Crippen LogP contribution in [0.4, 0.5) is 0 Å². The Bertz CT molecular complexity index is 1170. The van der Waals surface area contributed by atoms with Crippen molar-refractivity contribution in [2.45, 2.75) is 20.4 Å². The van der Waals surface area contributed by atoms with Crippen LogP contribution in [0.5, 0.6) is 0 Å². The van der Waals surface area contributed by atoms with E-state index in [1.54, 1.807) is 13.8 Å². The minimum Gasteiger partial charge on any atom is -0.462 e. The van der Waals surface area contributed by atoms with Crippen LogP contribution < -0.4 is 5.56 Å². The predicted octanol–water partition coefficient (Wildman–Crippen LogP) is 2.63. The van der Waals surface area contributed by atoms with Crippen LogP contribution in [0.15, 0.2) is 37.6 Å². The van der Waals surface area contributed by atoms with Crippen LogP contribution >= 0.6 is 11.3 Å². The summed E-state index contributed by atoms with van der Waals surface area (Å²) < 4.78 is 17.0. The van der Waals surface area contributed by atoms with Crippen molar-refractivity contribution in [2.24, 2.45) is 0 Å². The first-order chi connectivity index (χ1) is 13.1. The number of nitrogens with zero attached hydrogens (tertiary/aromatic N) is 4. The first-order valence-electron chi connectivity index (χ1n) is 8.10. The Kier molecular flexibility index (Phi) is 4.32. The zero-order chi connectivity index (χ0) is 19.0. The van der Waals surface area contributed by atoms with Gasteiger partial charge in [0.05, 0.1) is 11.5 Å². The molecule has 27 heavy (non-hydrogen) atoms. The third kappa shape index (κ3) is 3.04. The molecule has 0 aliphatic rings. The summed E-state index contributed by atoms with van der Waals surface area (Å²) in [7, 11) is 0. The molecular formula is C17H14N4O5S. The van der Waals surface area contributed by atoms with Crippen molar-refractivity contribution < 1.29 is 18.5 Å². The van der Waals surface area contributed by atoms with Crippen LogP contribution in [0.1, 0.15) is 28.9 Å². The summed E-state index contributed by atoms with van der Waals surface area (Å²) in [4.78, 5) is 34.4. The number of rotatable bonds is 5. The summed E-state index contributed by atoms with van der Waals surface area (Å²) in [6, 6.07) is 3.76. The minimum atomic E-state index is -0.622. The summed E-state index contributed by atoms with van der Waals surface area (Å²) in [5.74, 6) is 0.361. The van der Waals surface area contributed by atoms with Gasteiger partial charge >= 0.3 is 5.97 Å². The molecule has 0 aliphatic heterocycles. The van der Waals surface area contributed by atoms with Gasteiger partial charge in [-0.2, -0.15) is 4.98 Å². The number of carbonyl (C=O) groups is 1. The molecule has 0 spiro atoms. The van der Waals surface area contributed by atoms with Gasteiger partial charge in [0.25, 0.3) is 5.56 Å². The minimum absolute atomic E-state index is 0.0205. The highest BCUT2D eigenvalue weighted by molar-refractivity contribution is 7.13. The number of hydrogen-bond donors (Lipinski definition) is 0. The van der Waals surface area contributed by atoms with Crippen LogP contribution in [-0.4, -0.2) is 32.3 Å². The van der Waals surface area contributed by atoms with E-state index in [4.69, 9.17) is 13.7 Å². The highest BCUT2D eigenvalue weighted by Gasteiger charge is 2.24. The Balaban J connectivity index is 1.73. The average molecular weight is 386 g/mol. The van der Waals surface area contributed by atoms with E-state index in [1.807, 2.05) is 17.5 Å². The van der Waals surface area contributed by atoms with Gasteiger partial charge in [-0.15, -0.1) is 11.3 Å².